The van der Waals surface area contributed by atoms with E-state index in [0.717, 1.165) is 0 Å². The first-order chi connectivity index (χ1) is 9.54. The first-order valence-electron chi connectivity index (χ1n) is 6.03. The molecule has 2 aromatic rings. The largest absolute Gasteiger partial charge is 0.494 e. The van der Waals surface area contributed by atoms with Crippen molar-refractivity contribution in [3.05, 3.63) is 53.3 Å². The lowest BCUT2D eigenvalue weighted by Gasteiger charge is -2.13. The second kappa shape index (κ2) is 5.61. The number of rotatable bonds is 3. The van der Waals surface area contributed by atoms with Gasteiger partial charge in [0.2, 0.25) is 0 Å². The molecule has 5 heteroatoms. The van der Waals surface area contributed by atoms with Crippen molar-refractivity contribution in [2.45, 2.75) is 6.92 Å². The molecule has 0 fully saturated rings. The van der Waals surface area contributed by atoms with Crippen molar-refractivity contribution in [3.63, 3.8) is 0 Å². The van der Waals surface area contributed by atoms with Crippen LogP contribution < -0.4 is 15.8 Å². The van der Waals surface area contributed by atoms with Gasteiger partial charge >= 0.3 is 0 Å². The Hall–Kier alpha value is -2.56. The van der Waals surface area contributed by atoms with Gasteiger partial charge < -0.3 is 15.8 Å². The van der Waals surface area contributed by atoms with E-state index in [1.165, 1.54) is 13.2 Å². The average molecular weight is 274 g/mol. The van der Waals surface area contributed by atoms with Crippen LogP contribution in [-0.2, 0) is 0 Å². The number of aryl methyl sites for hydroxylation is 1. The van der Waals surface area contributed by atoms with Crippen LogP contribution >= 0.6 is 0 Å². The number of hydrogen-bond donors (Lipinski definition) is 2. The van der Waals surface area contributed by atoms with Gasteiger partial charge in [-0.25, -0.2) is 4.39 Å². The Labute approximate surface area is 116 Å². The Morgan fingerprint density at radius 2 is 1.95 bits per heavy atom. The lowest BCUT2D eigenvalue weighted by Crippen LogP contribution is -2.15. The van der Waals surface area contributed by atoms with Gasteiger partial charge in [0.1, 0.15) is 5.82 Å². The van der Waals surface area contributed by atoms with Crippen molar-refractivity contribution < 1.29 is 13.9 Å². The molecule has 0 aromatic heterocycles. The molecule has 1 amide bonds. The number of para-hydroxylation sites is 2. The van der Waals surface area contributed by atoms with E-state index in [9.17, 15) is 9.18 Å². The van der Waals surface area contributed by atoms with E-state index in [1.54, 1.807) is 37.3 Å². The summed E-state index contributed by atoms with van der Waals surface area (Å²) < 4.78 is 18.8. The van der Waals surface area contributed by atoms with Crippen molar-refractivity contribution in [1.29, 1.82) is 0 Å². The van der Waals surface area contributed by atoms with Crippen LogP contribution in [0.25, 0.3) is 0 Å². The smallest absolute Gasteiger partial charge is 0.259 e. The van der Waals surface area contributed by atoms with E-state index >= 15 is 0 Å². The summed E-state index contributed by atoms with van der Waals surface area (Å²) in [6.45, 7) is 1.72. The number of methoxy groups -OCH3 is 1. The number of benzene rings is 2. The van der Waals surface area contributed by atoms with Crippen molar-refractivity contribution in [3.8, 4) is 5.75 Å². The molecule has 2 aromatic carbocycles. The number of anilines is 2. The highest BCUT2D eigenvalue weighted by molar-refractivity contribution is 6.07. The fraction of sp³-hybridized carbons (Fsp3) is 0.133. The summed E-state index contributed by atoms with van der Waals surface area (Å²) in [5.74, 6) is -0.678. The van der Waals surface area contributed by atoms with E-state index in [4.69, 9.17) is 10.5 Å². The molecule has 0 aliphatic rings. The fourth-order valence-electron chi connectivity index (χ4n) is 1.93. The van der Waals surface area contributed by atoms with E-state index in [2.05, 4.69) is 5.32 Å². The van der Waals surface area contributed by atoms with Crippen LogP contribution in [-0.4, -0.2) is 13.0 Å². The Morgan fingerprint density at radius 3 is 2.60 bits per heavy atom. The summed E-state index contributed by atoms with van der Waals surface area (Å²) in [5.41, 5.74) is 7.15. The third-order valence-corrected chi connectivity index (χ3v) is 2.95. The average Bonchev–Trinajstić information content (AvgIpc) is 2.42. The number of amides is 1. The quantitative estimate of drug-likeness (QED) is 0.846. The zero-order valence-corrected chi connectivity index (χ0v) is 11.2. The standard InChI is InChI=1S/C15H15FN2O2/c1-9-5-3-7-11(16)13(9)18-15(19)10-6-4-8-12(17)14(10)20-2/h3-8H,17H2,1-2H3,(H,18,19). The SMILES string of the molecule is COc1c(N)cccc1C(=O)Nc1c(C)cccc1F. The molecule has 0 radical (unpaired) electrons. The topological polar surface area (TPSA) is 64.3 Å². The van der Waals surface area contributed by atoms with E-state index in [1.807, 2.05) is 0 Å². The molecule has 0 saturated carbocycles. The van der Waals surface area contributed by atoms with Gasteiger partial charge in [0, 0.05) is 0 Å². The number of nitrogens with one attached hydrogen (secondary N) is 1. The molecule has 4 nitrogen and oxygen atoms in total. The van der Waals surface area contributed by atoms with Crippen molar-refractivity contribution >= 4 is 17.3 Å². The highest BCUT2D eigenvalue weighted by atomic mass is 19.1. The molecule has 0 unspecified atom stereocenters. The maximum atomic E-state index is 13.7. The minimum Gasteiger partial charge on any atom is -0.494 e. The second-order valence-corrected chi connectivity index (χ2v) is 4.31. The van der Waals surface area contributed by atoms with Gasteiger partial charge in [-0.2, -0.15) is 0 Å². The van der Waals surface area contributed by atoms with Crippen molar-refractivity contribution in [2.75, 3.05) is 18.2 Å². The number of nitrogens with two attached hydrogens (primary N) is 1. The normalized spacial score (nSPS) is 10.2. The van der Waals surface area contributed by atoms with Crippen molar-refractivity contribution in [1.82, 2.24) is 0 Å². The number of carbonyl (C=O) groups is 1. The predicted octanol–water partition coefficient (Wildman–Crippen LogP) is 2.98. The van der Waals surface area contributed by atoms with Crippen LogP contribution in [0.5, 0.6) is 5.75 Å². The van der Waals surface area contributed by atoms with Gasteiger partial charge in [-0.05, 0) is 30.7 Å². The van der Waals surface area contributed by atoms with Crippen molar-refractivity contribution in [2.24, 2.45) is 0 Å². The summed E-state index contributed by atoms with van der Waals surface area (Å²) >= 11 is 0. The van der Waals surface area contributed by atoms with Crippen LogP contribution in [0.2, 0.25) is 0 Å². The summed E-state index contributed by atoms with van der Waals surface area (Å²) in [5, 5.41) is 2.55. The zero-order chi connectivity index (χ0) is 14.7. The van der Waals surface area contributed by atoms with Gasteiger partial charge in [-0.1, -0.05) is 18.2 Å². The lowest BCUT2D eigenvalue weighted by molar-refractivity contribution is 0.102. The molecule has 0 saturated heterocycles. The molecule has 0 heterocycles. The second-order valence-electron chi connectivity index (χ2n) is 4.31. The van der Waals surface area contributed by atoms with Gasteiger partial charge in [-0.3, -0.25) is 4.79 Å². The molecule has 0 aliphatic carbocycles. The molecule has 104 valence electrons. The maximum absolute atomic E-state index is 13.7. The number of nitrogen functional groups attached to an aromatic ring is 1. The third-order valence-electron chi connectivity index (χ3n) is 2.95. The van der Waals surface area contributed by atoms with Crippen LogP contribution in [0.4, 0.5) is 15.8 Å². The van der Waals surface area contributed by atoms with E-state index in [0.29, 0.717) is 11.3 Å². The molecule has 0 bridgehead atoms. The monoisotopic (exact) mass is 274 g/mol. The molecule has 0 atom stereocenters. The van der Waals surface area contributed by atoms with Crippen LogP contribution in [0, 0.1) is 12.7 Å². The van der Waals surface area contributed by atoms with Crippen LogP contribution in [0.15, 0.2) is 36.4 Å². The number of ether oxygens (including phenoxy) is 1. The highest BCUT2D eigenvalue weighted by Gasteiger charge is 2.16. The summed E-state index contributed by atoms with van der Waals surface area (Å²) in [6, 6.07) is 9.43. The summed E-state index contributed by atoms with van der Waals surface area (Å²) in [7, 11) is 1.43. The minimum absolute atomic E-state index is 0.155. The van der Waals surface area contributed by atoms with Crippen LogP contribution in [0.1, 0.15) is 15.9 Å². The van der Waals surface area contributed by atoms with E-state index < -0.39 is 11.7 Å². The summed E-state index contributed by atoms with van der Waals surface area (Å²) in [6.07, 6.45) is 0. The fourth-order valence-corrected chi connectivity index (χ4v) is 1.93. The minimum atomic E-state index is -0.485. The molecule has 20 heavy (non-hydrogen) atoms. The Bertz CT molecular complexity index is 636. The van der Waals surface area contributed by atoms with Gasteiger partial charge in [0.15, 0.2) is 5.75 Å². The molecular weight excluding hydrogens is 259 g/mol. The molecule has 3 N–H and O–H groups in total. The predicted molar refractivity (Wildman–Crippen MR) is 76.5 cm³/mol. The Morgan fingerprint density at radius 1 is 1.25 bits per heavy atom. The third kappa shape index (κ3) is 2.56. The molecule has 0 spiro atoms. The molecule has 2 rings (SSSR count). The number of carbonyl (C=O) groups excluding carboxylic acids is 1. The zero-order valence-electron chi connectivity index (χ0n) is 11.2. The lowest BCUT2D eigenvalue weighted by atomic mass is 10.1. The first kappa shape index (κ1) is 13.9. The number of hydrogen-bond acceptors (Lipinski definition) is 3. The molecule has 0 aliphatic heterocycles. The maximum Gasteiger partial charge on any atom is 0.259 e. The van der Waals surface area contributed by atoms with Crippen LogP contribution in [0.3, 0.4) is 0 Å². The molecular formula is C15H15FN2O2. The number of halogens is 1. The highest BCUT2D eigenvalue weighted by Crippen LogP contribution is 2.27. The van der Waals surface area contributed by atoms with E-state index in [-0.39, 0.29) is 17.0 Å². The Balaban J connectivity index is 2.36. The Kier molecular flexibility index (Phi) is 3.89. The van der Waals surface area contributed by atoms with Gasteiger partial charge in [0.25, 0.3) is 5.91 Å². The first-order valence-corrected chi connectivity index (χ1v) is 6.03. The van der Waals surface area contributed by atoms with Gasteiger partial charge in [-0.15, -0.1) is 0 Å². The summed E-state index contributed by atoms with van der Waals surface area (Å²) in [4.78, 5) is 12.2. The van der Waals surface area contributed by atoms with Gasteiger partial charge in [0.05, 0.1) is 24.0 Å².